The number of H-pyrrole nitrogens is 1. The number of aromatic nitrogens is 3. The molecular formula is C6H5N3O. The van der Waals surface area contributed by atoms with Gasteiger partial charge in [0, 0.05) is 0 Å². The van der Waals surface area contributed by atoms with Crippen LogP contribution in [-0.2, 0) is 0 Å². The Kier molecular flexibility index (Phi) is 1.80. The average molecular weight is 135 g/mol. The van der Waals surface area contributed by atoms with E-state index in [4.69, 9.17) is 6.42 Å². The lowest BCUT2D eigenvalue weighted by Gasteiger charge is -1.83. The molecular weight excluding hydrogens is 130 g/mol. The van der Waals surface area contributed by atoms with Gasteiger partial charge in [-0.15, -0.1) is 6.42 Å². The third-order valence-electron chi connectivity index (χ3n) is 0.963. The van der Waals surface area contributed by atoms with Crippen molar-refractivity contribution in [3.8, 4) is 12.3 Å². The number of Topliss-reactive ketones (excluding diaryl/α,β-unsaturated/α-hetero) is 1. The number of nitrogens with one attached hydrogen (secondary N) is 1. The molecule has 1 rings (SSSR count). The third kappa shape index (κ3) is 1.20. The van der Waals surface area contributed by atoms with Crippen LogP contribution in [0.5, 0.6) is 0 Å². The molecule has 0 aliphatic heterocycles. The standard InChI is InChI=1S/C6H5N3O/c1-2-3-6(10)5-4-7-9-8-5/h1,4H,3H2,(H,7,8,9). The maximum Gasteiger partial charge on any atom is 0.196 e. The Morgan fingerprint density at radius 1 is 1.90 bits per heavy atom. The summed E-state index contributed by atoms with van der Waals surface area (Å²) in [5, 5.41) is 9.33. The van der Waals surface area contributed by atoms with Crippen molar-refractivity contribution in [3.63, 3.8) is 0 Å². The summed E-state index contributed by atoms with van der Waals surface area (Å²) in [5.74, 6) is 2.04. The highest BCUT2D eigenvalue weighted by Gasteiger charge is 2.05. The van der Waals surface area contributed by atoms with Gasteiger partial charge in [-0.1, -0.05) is 5.92 Å². The summed E-state index contributed by atoms with van der Waals surface area (Å²) in [4.78, 5) is 10.8. The normalized spacial score (nSPS) is 8.70. The lowest BCUT2D eigenvalue weighted by Crippen LogP contribution is -1.96. The van der Waals surface area contributed by atoms with Crippen molar-refractivity contribution in [3.05, 3.63) is 11.9 Å². The Bertz CT molecular complexity index is 257. The number of terminal acetylenes is 1. The van der Waals surface area contributed by atoms with E-state index in [0.717, 1.165) is 0 Å². The highest BCUT2D eigenvalue weighted by atomic mass is 16.1. The maximum absolute atomic E-state index is 10.8. The zero-order chi connectivity index (χ0) is 7.40. The van der Waals surface area contributed by atoms with E-state index in [1.807, 2.05) is 0 Å². The molecule has 0 bridgehead atoms. The van der Waals surface area contributed by atoms with Crippen LogP contribution >= 0.6 is 0 Å². The molecule has 1 aromatic rings. The lowest BCUT2D eigenvalue weighted by molar-refractivity contribution is 0.0993. The van der Waals surface area contributed by atoms with Crippen molar-refractivity contribution < 1.29 is 4.79 Å². The van der Waals surface area contributed by atoms with E-state index in [1.165, 1.54) is 6.20 Å². The van der Waals surface area contributed by atoms with Gasteiger partial charge in [0.1, 0.15) is 5.69 Å². The first-order valence-electron chi connectivity index (χ1n) is 2.67. The molecule has 0 aliphatic carbocycles. The fourth-order valence-electron chi connectivity index (χ4n) is 0.519. The number of ketones is 1. The van der Waals surface area contributed by atoms with Gasteiger partial charge < -0.3 is 0 Å². The fraction of sp³-hybridized carbons (Fsp3) is 0.167. The van der Waals surface area contributed by atoms with Crippen LogP contribution in [0.15, 0.2) is 6.20 Å². The van der Waals surface area contributed by atoms with Gasteiger partial charge in [0.05, 0.1) is 12.6 Å². The largest absolute Gasteiger partial charge is 0.291 e. The average Bonchev–Trinajstić information content (AvgIpc) is 2.38. The molecule has 0 radical (unpaired) electrons. The van der Waals surface area contributed by atoms with Gasteiger partial charge in [-0.2, -0.15) is 15.4 Å². The van der Waals surface area contributed by atoms with Crippen LogP contribution in [0, 0.1) is 12.3 Å². The second-order valence-corrected chi connectivity index (χ2v) is 1.66. The molecule has 50 valence electrons. The summed E-state index contributed by atoms with van der Waals surface area (Å²) in [6.45, 7) is 0. The molecule has 1 N–H and O–H groups in total. The van der Waals surface area contributed by atoms with Crippen LogP contribution in [0.25, 0.3) is 0 Å². The van der Waals surface area contributed by atoms with Crippen LogP contribution in [0.1, 0.15) is 16.9 Å². The number of carbonyl (C=O) groups is 1. The minimum absolute atomic E-state index is 0.0759. The van der Waals surface area contributed by atoms with Gasteiger partial charge in [-0.3, -0.25) is 4.79 Å². The Hall–Kier alpha value is -1.63. The van der Waals surface area contributed by atoms with Crippen LogP contribution in [0.2, 0.25) is 0 Å². The van der Waals surface area contributed by atoms with E-state index in [-0.39, 0.29) is 17.9 Å². The molecule has 4 heteroatoms. The van der Waals surface area contributed by atoms with E-state index in [2.05, 4.69) is 21.3 Å². The van der Waals surface area contributed by atoms with Crippen molar-refractivity contribution in [1.82, 2.24) is 15.4 Å². The molecule has 0 fully saturated rings. The number of carbonyl (C=O) groups excluding carboxylic acids is 1. The molecule has 0 spiro atoms. The Morgan fingerprint density at radius 2 is 2.70 bits per heavy atom. The monoisotopic (exact) mass is 135 g/mol. The summed E-state index contributed by atoms with van der Waals surface area (Å²) in [6, 6.07) is 0. The molecule has 4 nitrogen and oxygen atoms in total. The van der Waals surface area contributed by atoms with Crippen molar-refractivity contribution in [2.75, 3.05) is 0 Å². The molecule has 0 amide bonds. The van der Waals surface area contributed by atoms with Gasteiger partial charge >= 0.3 is 0 Å². The zero-order valence-corrected chi connectivity index (χ0v) is 5.16. The van der Waals surface area contributed by atoms with Crippen molar-refractivity contribution in [2.24, 2.45) is 0 Å². The SMILES string of the molecule is C#CCC(=O)c1cn[nH]n1. The maximum atomic E-state index is 10.8. The number of hydrogen-bond donors (Lipinski definition) is 1. The first kappa shape index (κ1) is 6.49. The number of rotatable bonds is 2. The van der Waals surface area contributed by atoms with Crippen LogP contribution in [-0.4, -0.2) is 21.2 Å². The van der Waals surface area contributed by atoms with Crippen molar-refractivity contribution >= 4 is 5.78 Å². The first-order valence-corrected chi connectivity index (χ1v) is 2.67. The van der Waals surface area contributed by atoms with Crippen molar-refractivity contribution in [1.29, 1.82) is 0 Å². The van der Waals surface area contributed by atoms with Crippen LogP contribution < -0.4 is 0 Å². The predicted molar refractivity (Wildman–Crippen MR) is 34.2 cm³/mol. The molecule has 1 heterocycles. The van der Waals surface area contributed by atoms with Gasteiger partial charge in [-0.05, 0) is 0 Å². The molecule has 0 aromatic carbocycles. The molecule has 1 aromatic heterocycles. The Labute approximate surface area is 57.6 Å². The van der Waals surface area contributed by atoms with E-state index in [9.17, 15) is 4.79 Å². The number of aromatic amines is 1. The Morgan fingerprint density at radius 3 is 3.20 bits per heavy atom. The smallest absolute Gasteiger partial charge is 0.196 e. The van der Waals surface area contributed by atoms with Gasteiger partial charge in [0.25, 0.3) is 0 Å². The molecule has 10 heavy (non-hydrogen) atoms. The van der Waals surface area contributed by atoms with Crippen molar-refractivity contribution in [2.45, 2.75) is 6.42 Å². The van der Waals surface area contributed by atoms with Crippen LogP contribution in [0.3, 0.4) is 0 Å². The summed E-state index contributed by atoms with van der Waals surface area (Å²) in [7, 11) is 0. The zero-order valence-electron chi connectivity index (χ0n) is 5.16. The minimum atomic E-state index is -0.184. The minimum Gasteiger partial charge on any atom is -0.291 e. The molecule has 0 aliphatic rings. The quantitative estimate of drug-likeness (QED) is 0.459. The summed E-state index contributed by atoms with van der Waals surface area (Å²) in [6.07, 6.45) is 6.33. The number of nitrogens with zero attached hydrogens (tertiary/aromatic N) is 2. The second kappa shape index (κ2) is 2.78. The van der Waals surface area contributed by atoms with Gasteiger partial charge in [-0.25, -0.2) is 0 Å². The number of hydrogen-bond acceptors (Lipinski definition) is 3. The van der Waals surface area contributed by atoms with Gasteiger partial charge in [0.2, 0.25) is 0 Å². The second-order valence-electron chi connectivity index (χ2n) is 1.66. The highest BCUT2D eigenvalue weighted by Crippen LogP contribution is 1.93. The topological polar surface area (TPSA) is 58.6 Å². The predicted octanol–water partition coefficient (Wildman–Crippen LogP) is 0.0107. The Balaban J connectivity index is 2.71. The fourth-order valence-corrected chi connectivity index (χ4v) is 0.519. The molecule has 0 saturated heterocycles. The van der Waals surface area contributed by atoms with E-state index >= 15 is 0 Å². The molecule has 0 unspecified atom stereocenters. The highest BCUT2D eigenvalue weighted by molar-refractivity contribution is 5.95. The third-order valence-corrected chi connectivity index (χ3v) is 0.963. The van der Waals surface area contributed by atoms with E-state index < -0.39 is 0 Å². The van der Waals surface area contributed by atoms with E-state index in [1.54, 1.807) is 0 Å². The lowest BCUT2D eigenvalue weighted by atomic mass is 10.2. The summed E-state index contributed by atoms with van der Waals surface area (Å²) >= 11 is 0. The van der Waals surface area contributed by atoms with Gasteiger partial charge in [0.15, 0.2) is 5.78 Å². The summed E-state index contributed by atoms with van der Waals surface area (Å²) in [5.41, 5.74) is 0.290. The van der Waals surface area contributed by atoms with E-state index in [0.29, 0.717) is 0 Å². The summed E-state index contributed by atoms with van der Waals surface area (Å²) < 4.78 is 0. The van der Waals surface area contributed by atoms with Crippen LogP contribution in [0.4, 0.5) is 0 Å². The first-order chi connectivity index (χ1) is 4.84. The molecule has 0 saturated carbocycles. The molecule has 0 atom stereocenters.